The second kappa shape index (κ2) is 7.88. The molecule has 2 heterocycles. The zero-order chi connectivity index (χ0) is 16.8. The van der Waals surface area contributed by atoms with Crippen molar-refractivity contribution in [3.05, 3.63) is 53.5 Å². The SMILES string of the molecule is Cc1cccc(CNc2cnc(C(=O)NCC3CCCO3)cn2)c1. The minimum absolute atomic E-state index is 0.122. The van der Waals surface area contributed by atoms with Gasteiger partial charge in [0.1, 0.15) is 11.5 Å². The van der Waals surface area contributed by atoms with Crippen LogP contribution in [0.1, 0.15) is 34.5 Å². The van der Waals surface area contributed by atoms with E-state index >= 15 is 0 Å². The van der Waals surface area contributed by atoms with Gasteiger partial charge in [-0.2, -0.15) is 0 Å². The van der Waals surface area contributed by atoms with Gasteiger partial charge >= 0.3 is 0 Å². The normalized spacial score (nSPS) is 16.8. The Hall–Kier alpha value is -2.47. The van der Waals surface area contributed by atoms with Gasteiger partial charge in [0.05, 0.1) is 18.5 Å². The lowest BCUT2D eigenvalue weighted by atomic mass is 10.1. The number of rotatable bonds is 6. The molecule has 126 valence electrons. The lowest BCUT2D eigenvalue weighted by Gasteiger charge is -2.10. The molecule has 0 spiro atoms. The smallest absolute Gasteiger partial charge is 0.271 e. The molecule has 1 aliphatic heterocycles. The van der Waals surface area contributed by atoms with Crippen molar-refractivity contribution in [2.24, 2.45) is 0 Å². The summed E-state index contributed by atoms with van der Waals surface area (Å²) in [4.78, 5) is 20.5. The number of hydrogen-bond acceptors (Lipinski definition) is 5. The van der Waals surface area contributed by atoms with Crippen molar-refractivity contribution >= 4 is 11.7 Å². The first kappa shape index (κ1) is 16.4. The molecule has 6 heteroatoms. The van der Waals surface area contributed by atoms with Crippen molar-refractivity contribution in [3.8, 4) is 0 Å². The van der Waals surface area contributed by atoms with Crippen LogP contribution in [0.25, 0.3) is 0 Å². The van der Waals surface area contributed by atoms with E-state index in [1.807, 2.05) is 6.07 Å². The largest absolute Gasteiger partial charge is 0.376 e. The van der Waals surface area contributed by atoms with E-state index in [0.29, 0.717) is 24.6 Å². The number of nitrogens with zero attached hydrogens (tertiary/aromatic N) is 2. The summed E-state index contributed by atoms with van der Waals surface area (Å²) in [6, 6.07) is 8.26. The molecule has 3 rings (SSSR count). The van der Waals surface area contributed by atoms with Crippen molar-refractivity contribution < 1.29 is 9.53 Å². The molecule has 1 atom stereocenters. The van der Waals surface area contributed by atoms with Crippen LogP contribution in [-0.4, -0.2) is 35.1 Å². The first-order valence-electron chi connectivity index (χ1n) is 8.22. The summed E-state index contributed by atoms with van der Waals surface area (Å²) < 4.78 is 5.48. The summed E-state index contributed by atoms with van der Waals surface area (Å²) in [6.07, 6.45) is 5.24. The second-order valence-corrected chi connectivity index (χ2v) is 5.97. The molecule has 1 amide bonds. The Balaban J connectivity index is 1.50. The van der Waals surface area contributed by atoms with Crippen LogP contribution in [-0.2, 0) is 11.3 Å². The van der Waals surface area contributed by atoms with Crippen molar-refractivity contribution in [1.29, 1.82) is 0 Å². The van der Waals surface area contributed by atoms with Crippen LogP contribution in [0.4, 0.5) is 5.82 Å². The maximum Gasteiger partial charge on any atom is 0.271 e. The van der Waals surface area contributed by atoms with Crippen LogP contribution in [0.2, 0.25) is 0 Å². The molecular weight excluding hydrogens is 304 g/mol. The molecule has 6 nitrogen and oxygen atoms in total. The quantitative estimate of drug-likeness (QED) is 0.852. The third kappa shape index (κ3) is 4.52. The van der Waals surface area contributed by atoms with Crippen LogP contribution in [0.15, 0.2) is 36.7 Å². The van der Waals surface area contributed by atoms with Crippen LogP contribution in [0, 0.1) is 6.92 Å². The number of ether oxygens (including phenoxy) is 1. The molecule has 0 saturated carbocycles. The topological polar surface area (TPSA) is 76.1 Å². The highest BCUT2D eigenvalue weighted by molar-refractivity contribution is 5.92. The molecule has 2 aromatic rings. The average Bonchev–Trinajstić information content (AvgIpc) is 3.12. The molecule has 1 aromatic heterocycles. The van der Waals surface area contributed by atoms with E-state index in [1.54, 1.807) is 6.20 Å². The molecular formula is C18H22N4O2. The van der Waals surface area contributed by atoms with Gasteiger partial charge in [0, 0.05) is 19.7 Å². The van der Waals surface area contributed by atoms with E-state index in [0.717, 1.165) is 19.4 Å². The number of carbonyl (C=O) groups is 1. The van der Waals surface area contributed by atoms with E-state index in [4.69, 9.17) is 4.74 Å². The van der Waals surface area contributed by atoms with E-state index in [-0.39, 0.29) is 12.0 Å². The Morgan fingerprint density at radius 3 is 2.96 bits per heavy atom. The van der Waals surface area contributed by atoms with Crippen LogP contribution < -0.4 is 10.6 Å². The predicted molar refractivity (Wildman–Crippen MR) is 91.8 cm³/mol. The molecule has 0 bridgehead atoms. The highest BCUT2D eigenvalue weighted by atomic mass is 16.5. The Morgan fingerprint density at radius 1 is 1.33 bits per heavy atom. The number of aryl methyl sites for hydroxylation is 1. The Kier molecular flexibility index (Phi) is 5.38. The van der Waals surface area contributed by atoms with Gasteiger partial charge in [0.15, 0.2) is 0 Å². The van der Waals surface area contributed by atoms with Gasteiger partial charge in [0.25, 0.3) is 5.91 Å². The van der Waals surface area contributed by atoms with Gasteiger partial charge in [-0.3, -0.25) is 4.79 Å². The molecule has 2 N–H and O–H groups in total. The Labute approximate surface area is 141 Å². The lowest BCUT2D eigenvalue weighted by Crippen LogP contribution is -2.32. The number of hydrogen-bond donors (Lipinski definition) is 2. The zero-order valence-electron chi connectivity index (χ0n) is 13.8. The third-order valence-corrected chi connectivity index (χ3v) is 3.95. The van der Waals surface area contributed by atoms with Crippen molar-refractivity contribution in [1.82, 2.24) is 15.3 Å². The summed E-state index contributed by atoms with van der Waals surface area (Å²) in [5, 5.41) is 6.04. The van der Waals surface area contributed by atoms with Crippen LogP contribution in [0.5, 0.6) is 0 Å². The van der Waals surface area contributed by atoms with Gasteiger partial charge in [-0.05, 0) is 25.3 Å². The number of anilines is 1. The highest BCUT2D eigenvalue weighted by Gasteiger charge is 2.17. The third-order valence-electron chi connectivity index (χ3n) is 3.95. The average molecular weight is 326 g/mol. The lowest BCUT2D eigenvalue weighted by molar-refractivity contribution is 0.0853. The summed E-state index contributed by atoms with van der Waals surface area (Å²) in [6.45, 7) is 4.03. The predicted octanol–water partition coefficient (Wildman–Crippen LogP) is 2.31. The van der Waals surface area contributed by atoms with E-state index in [9.17, 15) is 4.79 Å². The molecule has 1 fully saturated rings. The van der Waals surface area contributed by atoms with Gasteiger partial charge in [-0.1, -0.05) is 29.8 Å². The molecule has 0 aliphatic carbocycles. The van der Waals surface area contributed by atoms with Gasteiger partial charge in [0.2, 0.25) is 0 Å². The van der Waals surface area contributed by atoms with E-state index in [1.165, 1.54) is 17.3 Å². The minimum Gasteiger partial charge on any atom is -0.376 e. The number of carbonyl (C=O) groups excluding carboxylic acids is 1. The maximum absolute atomic E-state index is 12.0. The first-order valence-corrected chi connectivity index (χ1v) is 8.22. The van der Waals surface area contributed by atoms with Gasteiger partial charge in [-0.15, -0.1) is 0 Å². The van der Waals surface area contributed by atoms with Crippen molar-refractivity contribution in [3.63, 3.8) is 0 Å². The van der Waals surface area contributed by atoms with Crippen molar-refractivity contribution in [2.45, 2.75) is 32.4 Å². The first-order chi connectivity index (χ1) is 11.7. The number of benzene rings is 1. The van der Waals surface area contributed by atoms with Crippen LogP contribution >= 0.6 is 0 Å². The van der Waals surface area contributed by atoms with Gasteiger partial charge in [-0.25, -0.2) is 9.97 Å². The van der Waals surface area contributed by atoms with E-state index in [2.05, 4.69) is 45.7 Å². The summed E-state index contributed by atoms with van der Waals surface area (Å²) in [5.41, 5.74) is 2.71. The Bertz CT molecular complexity index is 682. The number of nitrogens with one attached hydrogen (secondary N) is 2. The van der Waals surface area contributed by atoms with Crippen LogP contribution in [0.3, 0.4) is 0 Å². The fourth-order valence-electron chi connectivity index (χ4n) is 2.65. The Morgan fingerprint density at radius 2 is 2.25 bits per heavy atom. The standard InChI is InChI=1S/C18H22N4O2/c1-13-4-2-5-14(8-13)9-20-17-12-19-16(11-21-17)18(23)22-10-15-6-3-7-24-15/h2,4-5,8,11-12,15H,3,6-7,9-10H2,1H3,(H,20,21)(H,22,23). The number of amides is 1. The summed E-state index contributed by atoms with van der Waals surface area (Å²) >= 11 is 0. The van der Waals surface area contributed by atoms with Gasteiger partial charge < -0.3 is 15.4 Å². The minimum atomic E-state index is -0.219. The maximum atomic E-state index is 12.0. The van der Waals surface area contributed by atoms with E-state index < -0.39 is 0 Å². The fourth-order valence-corrected chi connectivity index (χ4v) is 2.65. The van der Waals surface area contributed by atoms with Crippen molar-refractivity contribution in [2.75, 3.05) is 18.5 Å². The second-order valence-electron chi connectivity index (χ2n) is 5.97. The molecule has 1 saturated heterocycles. The molecule has 1 aromatic carbocycles. The molecule has 24 heavy (non-hydrogen) atoms. The molecule has 1 unspecified atom stereocenters. The summed E-state index contributed by atoms with van der Waals surface area (Å²) in [5.74, 6) is 0.426. The fraction of sp³-hybridized carbons (Fsp3) is 0.389. The highest BCUT2D eigenvalue weighted by Crippen LogP contribution is 2.11. The monoisotopic (exact) mass is 326 g/mol. The molecule has 0 radical (unpaired) electrons. The zero-order valence-corrected chi connectivity index (χ0v) is 13.8. The summed E-state index contributed by atoms with van der Waals surface area (Å²) in [7, 11) is 0. The molecule has 1 aliphatic rings. The number of aromatic nitrogens is 2.